The number of benzene rings is 2. The summed E-state index contributed by atoms with van der Waals surface area (Å²) in [6.07, 6.45) is 3.33. The highest BCUT2D eigenvalue weighted by atomic mass is 16.5. The van der Waals surface area contributed by atoms with Crippen LogP contribution in [0.2, 0.25) is 0 Å². The molecular weight excluding hydrogens is 478 g/mol. The predicted octanol–water partition coefficient (Wildman–Crippen LogP) is 4.85. The summed E-state index contributed by atoms with van der Waals surface area (Å²) < 4.78 is 13.2. The van der Waals surface area contributed by atoms with Gasteiger partial charge in [-0.05, 0) is 62.4 Å². The summed E-state index contributed by atoms with van der Waals surface area (Å²) in [5, 5.41) is 8.51. The smallest absolute Gasteiger partial charge is 0.253 e. The molecule has 0 radical (unpaired) electrons. The van der Waals surface area contributed by atoms with E-state index in [2.05, 4.69) is 47.3 Å². The van der Waals surface area contributed by atoms with Crippen LogP contribution in [0.3, 0.4) is 0 Å². The third kappa shape index (κ3) is 6.50. The number of aryl methyl sites for hydroxylation is 2. The Kier molecular flexibility index (Phi) is 7.89. The minimum Gasteiger partial charge on any atom is -0.490 e. The minimum atomic E-state index is 0.0817. The summed E-state index contributed by atoms with van der Waals surface area (Å²) in [5.74, 6) is 0.957. The first kappa shape index (κ1) is 25.7. The maximum atomic E-state index is 13.1. The Labute approximate surface area is 223 Å². The number of aromatic nitrogens is 3. The van der Waals surface area contributed by atoms with E-state index >= 15 is 0 Å². The van der Waals surface area contributed by atoms with E-state index < -0.39 is 0 Å². The van der Waals surface area contributed by atoms with Crippen molar-refractivity contribution in [3.05, 3.63) is 101 Å². The maximum absolute atomic E-state index is 13.1. The van der Waals surface area contributed by atoms with Gasteiger partial charge < -0.3 is 14.2 Å². The molecule has 3 heterocycles. The Morgan fingerprint density at radius 2 is 1.82 bits per heavy atom. The lowest BCUT2D eigenvalue weighted by molar-refractivity contribution is 0.0595. The van der Waals surface area contributed by atoms with Crippen molar-refractivity contribution in [1.82, 2.24) is 24.7 Å². The molecule has 2 aromatic carbocycles. The maximum Gasteiger partial charge on any atom is 0.253 e. The predicted molar refractivity (Wildman–Crippen MR) is 145 cm³/mol. The number of carbonyl (C=O) groups excluding carboxylic acids is 1. The van der Waals surface area contributed by atoms with E-state index in [0.717, 1.165) is 59.9 Å². The van der Waals surface area contributed by atoms with Crippen LogP contribution in [-0.4, -0.2) is 56.9 Å². The van der Waals surface area contributed by atoms with Gasteiger partial charge in [0.05, 0.1) is 17.9 Å². The van der Waals surface area contributed by atoms with Crippen molar-refractivity contribution in [1.29, 1.82) is 0 Å². The normalized spacial score (nSPS) is 14.3. The van der Waals surface area contributed by atoms with Gasteiger partial charge in [-0.15, -0.1) is 0 Å². The highest BCUT2D eigenvalue weighted by Crippen LogP contribution is 2.22. The van der Waals surface area contributed by atoms with E-state index in [9.17, 15) is 4.79 Å². The monoisotopic (exact) mass is 513 g/mol. The Hall–Kier alpha value is -3.91. The Balaban J connectivity index is 1.10. The van der Waals surface area contributed by atoms with Crippen LogP contribution >= 0.6 is 0 Å². The first-order valence-electron chi connectivity index (χ1n) is 13.2. The molecule has 1 amide bonds. The summed E-state index contributed by atoms with van der Waals surface area (Å²) in [5.41, 5.74) is 6.10. The third-order valence-corrected chi connectivity index (χ3v) is 6.94. The molecule has 8 heteroatoms. The molecule has 0 unspecified atom stereocenters. The van der Waals surface area contributed by atoms with E-state index in [-0.39, 0.29) is 12.0 Å². The number of hydrogen-bond acceptors (Lipinski definition) is 6. The van der Waals surface area contributed by atoms with Gasteiger partial charge in [0, 0.05) is 56.3 Å². The summed E-state index contributed by atoms with van der Waals surface area (Å²) in [4.78, 5) is 17.2. The van der Waals surface area contributed by atoms with Crippen molar-refractivity contribution in [3.8, 4) is 5.75 Å². The molecule has 8 nitrogen and oxygen atoms in total. The van der Waals surface area contributed by atoms with E-state index in [1.165, 1.54) is 5.56 Å². The van der Waals surface area contributed by atoms with Crippen LogP contribution in [-0.2, 0) is 19.6 Å². The molecule has 2 aromatic heterocycles. The number of rotatable bonds is 9. The van der Waals surface area contributed by atoms with E-state index in [4.69, 9.17) is 9.26 Å². The first-order valence-corrected chi connectivity index (χ1v) is 13.2. The van der Waals surface area contributed by atoms with Crippen LogP contribution in [0.25, 0.3) is 0 Å². The van der Waals surface area contributed by atoms with Crippen LogP contribution in [0.5, 0.6) is 5.75 Å². The summed E-state index contributed by atoms with van der Waals surface area (Å²) in [6.45, 7) is 7.66. The molecule has 5 rings (SSSR count). The van der Waals surface area contributed by atoms with Gasteiger partial charge in [-0.25, -0.2) is 0 Å². The van der Waals surface area contributed by atoms with Crippen LogP contribution in [0.4, 0.5) is 0 Å². The Morgan fingerprint density at radius 1 is 1.03 bits per heavy atom. The van der Waals surface area contributed by atoms with Gasteiger partial charge in [0.1, 0.15) is 18.1 Å². The summed E-state index contributed by atoms with van der Waals surface area (Å²) >= 11 is 0. The number of hydrogen-bond donors (Lipinski definition) is 0. The first-order chi connectivity index (χ1) is 18.4. The van der Waals surface area contributed by atoms with Crippen LogP contribution < -0.4 is 4.74 Å². The molecule has 0 saturated carbocycles. The van der Waals surface area contributed by atoms with Gasteiger partial charge >= 0.3 is 0 Å². The van der Waals surface area contributed by atoms with Crippen molar-refractivity contribution < 1.29 is 14.1 Å². The second-order valence-electron chi connectivity index (χ2n) is 10.2. The summed E-state index contributed by atoms with van der Waals surface area (Å²) in [7, 11) is 2.06. The standard InChI is InChI=1S/C30H35N5O3/c1-22-17-23(2)35(31-22)20-24-7-9-26(10-8-24)30(36)34-14-11-28(12-15-34)38-29-6-4-5-25(18-29)19-33(3)21-27-13-16-37-32-27/h4-10,13,16-18,28H,11-12,14-15,19-21H2,1-3H3. The molecule has 1 fully saturated rings. The van der Waals surface area contributed by atoms with Crippen LogP contribution in [0, 0.1) is 13.8 Å². The third-order valence-electron chi connectivity index (χ3n) is 6.94. The molecule has 1 aliphatic rings. The largest absolute Gasteiger partial charge is 0.490 e. The fraction of sp³-hybridized carbons (Fsp3) is 0.367. The zero-order chi connectivity index (χ0) is 26.5. The molecule has 4 aromatic rings. The second kappa shape index (κ2) is 11.6. The van der Waals surface area contributed by atoms with E-state index in [1.807, 2.05) is 59.0 Å². The molecule has 0 aliphatic carbocycles. The average Bonchev–Trinajstić information content (AvgIpc) is 3.53. The SMILES string of the molecule is Cc1cc(C)n(Cc2ccc(C(=O)N3CCC(Oc4cccc(CN(C)Cc5ccon5)c4)CC3)cc2)n1. The van der Waals surface area contributed by atoms with Gasteiger partial charge in [-0.1, -0.05) is 29.4 Å². The van der Waals surface area contributed by atoms with E-state index in [0.29, 0.717) is 19.6 Å². The Bertz CT molecular complexity index is 1340. The minimum absolute atomic E-state index is 0.0817. The van der Waals surface area contributed by atoms with Gasteiger partial charge in [-0.3, -0.25) is 14.4 Å². The Morgan fingerprint density at radius 3 is 2.50 bits per heavy atom. The molecule has 198 valence electrons. The molecule has 1 aliphatic heterocycles. The van der Waals surface area contributed by atoms with Crippen molar-refractivity contribution in [2.45, 2.75) is 52.4 Å². The lowest BCUT2D eigenvalue weighted by Gasteiger charge is -2.32. The topological polar surface area (TPSA) is 76.6 Å². The fourth-order valence-corrected chi connectivity index (χ4v) is 4.99. The molecule has 0 bridgehead atoms. The van der Waals surface area contributed by atoms with E-state index in [1.54, 1.807) is 6.26 Å². The lowest BCUT2D eigenvalue weighted by Crippen LogP contribution is -2.41. The highest BCUT2D eigenvalue weighted by Gasteiger charge is 2.25. The number of amides is 1. The van der Waals surface area contributed by atoms with Gasteiger partial charge in [0.25, 0.3) is 5.91 Å². The molecular formula is C30H35N5O3. The summed E-state index contributed by atoms with van der Waals surface area (Å²) in [6, 6.07) is 20.1. The zero-order valence-electron chi connectivity index (χ0n) is 22.3. The molecule has 38 heavy (non-hydrogen) atoms. The van der Waals surface area contributed by atoms with Gasteiger partial charge in [0.15, 0.2) is 0 Å². The number of nitrogens with zero attached hydrogens (tertiary/aromatic N) is 5. The number of likely N-dealkylation sites (tertiary alicyclic amines) is 1. The zero-order valence-corrected chi connectivity index (χ0v) is 22.3. The quantitative estimate of drug-likeness (QED) is 0.318. The lowest BCUT2D eigenvalue weighted by atomic mass is 10.1. The number of ether oxygens (including phenoxy) is 1. The highest BCUT2D eigenvalue weighted by molar-refractivity contribution is 5.94. The molecule has 0 atom stereocenters. The van der Waals surface area contributed by atoms with Crippen molar-refractivity contribution in [3.63, 3.8) is 0 Å². The second-order valence-corrected chi connectivity index (χ2v) is 10.2. The molecule has 0 N–H and O–H groups in total. The number of piperidine rings is 1. The van der Waals surface area contributed by atoms with Crippen molar-refractivity contribution in [2.24, 2.45) is 0 Å². The van der Waals surface area contributed by atoms with Crippen molar-refractivity contribution >= 4 is 5.91 Å². The van der Waals surface area contributed by atoms with Crippen molar-refractivity contribution in [2.75, 3.05) is 20.1 Å². The van der Waals surface area contributed by atoms with Crippen LogP contribution in [0.15, 0.2) is 71.4 Å². The molecule has 1 saturated heterocycles. The van der Waals surface area contributed by atoms with Crippen LogP contribution in [0.1, 0.15) is 51.4 Å². The van der Waals surface area contributed by atoms with Gasteiger partial charge in [0.2, 0.25) is 0 Å². The average molecular weight is 514 g/mol. The fourth-order valence-electron chi connectivity index (χ4n) is 4.99. The molecule has 0 spiro atoms. The number of carbonyl (C=O) groups is 1. The van der Waals surface area contributed by atoms with Gasteiger partial charge in [-0.2, -0.15) is 5.10 Å².